The third kappa shape index (κ3) is 3.46. The Labute approximate surface area is 93.2 Å². The number of ether oxygens (including phenoxy) is 1. The summed E-state index contributed by atoms with van der Waals surface area (Å²) in [6.07, 6.45) is -5.02. The molecule has 16 heavy (non-hydrogen) atoms. The van der Waals surface area contributed by atoms with Gasteiger partial charge in [-0.2, -0.15) is 0 Å². The fourth-order valence-electron chi connectivity index (χ4n) is 0.931. The highest BCUT2D eigenvalue weighted by molar-refractivity contribution is 8.13. The quantitative estimate of drug-likeness (QED) is 0.663. The molecule has 0 fully saturated rings. The Balaban J connectivity index is 3.30. The van der Waals surface area contributed by atoms with Crippen LogP contribution in [-0.2, 0) is 9.05 Å². The Bertz CT molecular complexity index is 500. The van der Waals surface area contributed by atoms with Gasteiger partial charge in [0.2, 0.25) is 0 Å². The average molecular weight is 276 g/mol. The maximum atomic E-state index is 11.9. The van der Waals surface area contributed by atoms with Crippen LogP contribution in [0.25, 0.3) is 0 Å². The molecule has 0 bridgehead atoms. The Hall–Kier alpha value is -1.15. The van der Waals surface area contributed by atoms with Gasteiger partial charge in [-0.15, -0.1) is 13.2 Å². The molecule has 0 aromatic heterocycles. The van der Waals surface area contributed by atoms with Crippen LogP contribution < -0.4 is 10.5 Å². The molecule has 0 aliphatic heterocycles. The largest absolute Gasteiger partial charge is 0.573 e. The van der Waals surface area contributed by atoms with E-state index >= 15 is 0 Å². The zero-order chi connectivity index (χ0) is 12.6. The van der Waals surface area contributed by atoms with Crippen molar-refractivity contribution in [2.75, 3.05) is 5.73 Å². The van der Waals surface area contributed by atoms with Gasteiger partial charge in [0.1, 0.15) is 4.90 Å². The van der Waals surface area contributed by atoms with Crippen LogP contribution in [0, 0.1) is 0 Å². The van der Waals surface area contributed by atoms with Crippen LogP contribution in [0.1, 0.15) is 0 Å². The fourth-order valence-corrected chi connectivity index (χ4v) is 1.88. The van der Waals surface area contributed by atoms with Crippen molar-refractivity contribution in [1.82, 2.24) is 0 Å². The number of rotatable bonds is 2. The molecule has 0 aliphatic rings. The van der Waals surface area contributed by atoms with Crippen molar-refractivity contribution in [3.05, 3.63) is 18.2 Å². The lowest BCUT2D eigenvalue weighted by Crippen LogP contribution is -2.18. The normalized spacial score (nSPS) is 12.5. The molecule has 0 saturated carbocycles. The number of hydrogen-bond acceptors (Lipinski definition) is 4. The van der Waals surface area contributed by atoms with Gasteiger partial charge in [-0.25, -0.2) is 8.42 Å². The number of halogens is 4. The van der Waals surface area contributed by atoms with Crippen molar-refractivity contribution in [3.63, 3.8) is 0 Å². The Kier molecular flexibility index (Phi) is 3.25. The van der Waals surface area contributed by atoms with Crippen LogP contribution in [-0.4, -0.2) is 14.8 Å². The van der Waals surface area contributed by atoms with Gasteiger partial charge in [0.05, 0.1) is 0 Å². The van der Waals surface area contributed by atoms with Crippen molar-refractivity contribution < 1.29 is 26.3 Å². The molecular weight excluding hydrogens is 271 g/mol. The van der Waals surface area contributed by atoms with Gasteiger partial charge < -0.3 is 10.5 Å². The second-order valence-electron chi connectivity index (χ2n) is 2.69. The van der Waals surface area contributed by atoms with Gasteiger partial charge in [0.25, 0.3) is 9.05 Å². The third-order valence-corrected chi connectivity index (χ3v) is 2.82. The van der Waals surface area contributed by atoms with Crippen molar-refractivity contribution >= 4 is 25.4 Å². The predicted octanol–water partition coefficient (Wildman–Crippen LogP) is 2.09. The summed E-state index contributed by atoms with van der Waals surface area (Å²) in [5, 5.41) is 0. The molecule has 1 rings (SSSR count). The summed E-state index contributed by atoms with van der Waals surface area (Å²) in [6, 6.07) is 2.65. The van der Waals surface area contributed by atoms with Gasteiger partial charge in [0.15, 0.2) is 5.75 Å². The van der Waals surface area contributed by atoms with E-state index in [2.05, 4.69) is 4.74 Å². The predicted molar refractivity (Wildman–Crippen MR) is 50.6 cm³/mol. The van der Waals surface area contributed by atoms with Crippen LogP contribution >= 0.6 is 10.7 Å². The van der Waals surface area contributed by atoms with E-state index in [1.165, 1.54) is 0 Å². The Morgan fingerprint density at radius 2 is 1.88 bits per heavy atom. The van der Waals surface area contributed by atoms with Crippen molar-refractivity contribution in [1.29, 1.82) is 0 Å². The average Bonchev–Trinajstić information content (AvgIpc) is 1.97. The van der Waals surface area contributed by atoms with E-state index in [0.717, 1.165) is 18.2 Å². The molecule has 1 aromatic carbocycles. The minimum absolute atomic E-state index is 0.0803. The topological polar surface area (TPSA) is 69.4 Å². The van der Waals surface area contributed by atoms with Crippen molar-refractivity contribution in [3.8, 4) is 5.75 Å². The summed E-state index contributed by atoms with van der Waals surface area (Å²) in [5.41, 5.74) is 5.12. The van der Waals surface area contributed by atoms with Crippen molar-refractivity contribution in [2.24, 2.45) is 0 Å². The highest BCUT2D eigenvalue weighted by atomic mass is 35.7. The molecule has 0 heterocycles. The maximum absolute atomic E-state index is 11.9. The van der Waals surface area contributed by atoms with E-state index in [4.69, 9.17) is 16.4 Å². The number of anilines is 1. The second kappa shape index (κ2) is 4.02. The molecule has 2 N–H and O–H groups in total. The minimum atomic E-state index is -5.02. The molecule has 0 radical (unpaired) electrons. The summed E-state index contributed by atoms with van der Waals surface area (Å²) in [7, 11) is 0.598. The summed E-state index contributed by atoms with van der Waals surface area (Å²) >= 11 is 0. The zero-order valence-electron chi connectivity index (χ0n) is 7.45. The van der Waals surface area contributed by atoms with E-state index in [-0.39, 0.29) is 5.69 Å². The summed E-state index contributed by atoms with van der Waals surface area (Å²) < 4.78 is 61.2. The molecule has 0 atom stereocenters. The molecule has 0 spiro atoms. The number of alkyl halides is 3. The van der Waals surface area contributed by atoms with Crippen LogP contribution in [0.2, 0.25) is 0 Å². The van der Waals surface area contributed by atoms with E-state index in [1.807, 2.05) is 0 Å². The molecule has 1 aromatic rings. The van der Waals surface area contributed by atoms with E-state index in [1.54, 1.807) is 0 Å². The highest BCUT2D eigenvalue weighted by Crippen LogP contribution is 2.32. The van der Waals surface area contributed by atoms with Gasteiger partial charge >= 0.3 is 6.36 Å². The first kappa shape index (κ1) is 12.9. The molecule has 90 valence electrons. The number of nitrogens with two attached hydrogens (primary N) is 1. The Morgan fingerprint density at radius 1 is 1.31 bits per heavy atom. The SMILES string of the molecule is Nc1ccc(S(=O)(=O)Cl)c(OC(F)(F)F)c1. The maximum Gasteiger partial charge on any atom is 0.573 e. The van der Waals surface area contributed by atoms with Gasteiger partial charge in [-0.05, 0) is 12.1 Å². The monoisotopic (exact) mass is 275 g/mol. The molecule has 0 saturated heterocycles. The van der Waals surface area contributed by atoms with Crippen LogP contribution in [0.5, 0.6) is 5.75 Å². The van der Waals surface area contributed by atoms with Crippen LogP contribution in [0.4, 0.5) is 18.9 Å². The smallest absolute Gasteiger partial charge is 0.404 e. The first-order chi connectivity index (χ1) is 7.09. The summed E-state index contributed by atoms with van der Waals surface area (Å²) in [5.74, 6) is -0.956. The first-order valence-electron chi connectivity index (χ1n) is 3.69. The molecule has 0 amide bonds. The van der Waals surface area contributed by atoms with E-state index in [0.29, 0.717) is 0 Å². The summed E-state index contributed by atoms with van der Waals surface area (Å²) in [4.78, 5) is -0.791. The van der Waals surface area contributed by atoms with Gasteiger partial charge in [0, 0.05) is 22.4 Å². The van der Waals surface area contributed by atoms with Crippen LogP contribution in [0.15, 0.2) is 23.1 Å². The zero-order valence-corrected chi connectivity index (χ0v) is 9.03. The van der Waals surface area contributed by atoms with Crippen molar-refractivity contribution in [2.45, 2.75) is 11.3 Å². The lowest BCUT2D eigenvalue weighted by atomic mass is 10.3. The fraction of sp³-hybridized carbons (Fsp3) is 0.143. The third-order valence-electron chi connectivity index (χ3n) is 1.46. The van der Waals surface area contributed by atoms with Crippen LogP contribution in [0.3, 0.4) is 0 Å². The second-order valence-corrected chi connectivity index (χ2v) is 5.23. The minimum Gasteiger partial charge on any atom is -0.404 e. The molecular formula is C7H5ClF3NO3S. The summed E-state index contributed by atoms with van der Waals surface area (Å²) in [6.45, 7) is 0. The standard InChI is InChI=1S/C7H5ClF3NO3S/c8-16(13,14)6-2-1-4(12)3-5(6)15-7(9,10)11/h1-3H,12H2. The Morgan fingerprint density at radius 3 is 2.31 bits per heavy atom. The number of benzene rings is 1. The molecule has 0 unspecified atom stereocenters. The first-order valence-corrected chi connectivity index (χ1v) is 6.00. The van der Waals surface area contributed by atoms with Gasteiger partial charge in [-0.1, -0.05) is 0 Å². The lowest BCUT2D eigenvalue weighted by Gasteiger charge is -2.11. The number of nitrogen functional groups attached to an aromatic ring is 1. The van der Waals surface area contributed by atoms with E-state index in [9.17, 15) is 21.6 Å². The number of hydrogen-bond donors (Lipinski definition) is 1. The van der Waals surface area contributed by atoms with Gasteiger partial charge in [-0.3, -0.25) is 0 Å². The molecule has 4 nitrogen and oxygen atoms in total. The molecule has 0 aliphatic carbocycles. The lowest BCUT2D eigenvalue weighted by molar-refractivity contribution is -0.275. The molecule has 9 heteroatoms. The van der Waals surface area contributed by atoms with E-state index < -0.39 is 26.1 Å². The highest BCUT2D eigenvalue weighted by Gasteiger charge is 2.33.